The summed E-state index contributed by atoms with van der Waals surface area (Å²) < 4.78 is 41.8. The molecule has 11 heteroatoms. The minimum Gasteiger partial charge on any atom is -0.458 e. The highest BCUT2D eigenvalue weighted by Gasteiger charge is 2.45. The van der Waals surface area contributed by atoms with Gasteiger partial charge in [-0.25, -0.2) is 18.8 Å². The van der Waals surface area contributed by atoms with Crippen molar-refractivity contribution in [1.29, 1.82) is 0 Å². The number of halogens is 1. The quantitative estimate of drug-likeness (QED) is 0.366. The van der Waals surface area contributed by atoms with Crippen LogP contribution in [0.2, 0.25) is 0 Å². The third-order valence-electron chi connectivity index (χ3n) is 6.18. The first kappa shape index (κ1) is 31.3. The molecule has 2 amide bonds. The number of hydrogen-bond acceptors (Lipinski definition) is 9. The Morgan fingerprint density at radius 2 is 1.50 bits per heavy atom. The second-order valence-corrected chi connectivity index (χ2v) is 12.3. The fraction of sp³-hybridized carbons (Fsp3) is 0.655. The van der Waals surface area contributed by atoms with Gasteiger partial charge in [-0.1, -0.05) is 12.1 Å². The molecule has 10 nitrogen and oxygen atoms in total. The van der Waals surface area contributed by atoms with Gasteiger partial charge in [-0.3, -0.25) is 4.79 Å². The van der Waals surface area contributed by atoms with Crippen molar-refractivity contribution < 1.29 is 47.3 Å². The minimum atomic E-state index is -1.53. The average molecular weight is 566 g/mol. The van der Waals surface area contributed by atoms with Crippen LogP contribution in [0.25, 0.3) is 0 Å². The highest BCUT2D eigenvalue weighted by molar-refractivity contribution is 5.94. The van der Waals surface area contributed by atoms with E-state index in [2.05, 4.69) is 0 Å². The van der Waals surface area contributed by atoms with E-state index in [0.717, 1.165) is 18.4 Å². The van der Waals surface area contributed by atoms with Crippen LogP contribution in [0.1, 0.15) is 66.9 Å². The molecule has 4 unspecified atom stereocenters. The molecular formula is C29H40FNO9. The Balaban J connectivity index is 1.92. The van der Waals surface area contributed by atoms with Crippen LogP contribution < -0.4 is 0 Å². The molecule has 0 N–H and O–H groups in total. The van der Waals surface area contributed by atoms with E-state index >= 15 is 0 Å². The summed E-state index contributed by atoms with van der Waals surface area (Å²) in [5, 5.41) is 0. The molecule has 0 bridgehead atoms. The van der Waals surface area contributed by atoms with Gasteiger partial charge in [0.2, 0.25) is 0 Å². The molecule has 1 aromatic rings. The van der Waals surface area contributed by atoms with Gasteiger partial charge in [0.05, 0.1) is 19.1 Å². The maximum absolute atomic E-state index is 13.5. The van der Waals surface area contributed by atoms with Crippen molar-refractivity contribution in [2.75, 3.05) is 13.2 Å². The molecule has 1 aliphatic heterocycles. The van der Waals surface area contributed by atoms with Crippen molar-refractivity contribution >= 4 is 24.1 Å². The molecule has 4 atom stereocenters. The number of esters is 2. The summed E-state index contributed by atoms with van der Waals surface area (Å²) in [6, 6.07) is 4.36. The van der Waals surface area contributed by atoms with Crippen LogP contribution in [0.4, 0.5) is 14.0 Å². The first-order valence-electron chi connectivity index (χ1n) is 13.5. The standard InChI is InChI=1S/C29H40FNO9/c1-17-23(38-24(32)19-10-11-19)20(14-18-8-12-21(30)13-9-18)15-36-16-22(25(33)37-17)31(26(34)39-28(2,3)4)27(35)40-29(5,6)7/h8-9,12-13,17,19-20,22-23H,10-11,14-16H2,1-7H3. The van der Waals surface area contributed by atoms with E-state index in [-0.39, 0.29) is 18.3 Å². The van der Waals surface area contributed by atoms with E-state index in [1.807, 2.05) is 0 Å². The number of amides is 2. The number of cyclic esters (lactones) is 1. The Morgan fingerprint density at radius 1 is 0.950 bits per heavy atom. The van der Waals surface area contributed by atoms with Crippen LogP contribution in [0.5, 0.6) is 0 Å². The van der Waals surface area contributed by atoms with Gasteiger partial charge in [0.25, 0.3) is 0 Å². The van der Waals surface area contributed by atoms with E-state index in [1.165, 1.54) is 12.1 Å². The lowest BCUT2D eigenvalue weighted by molar-refractivity contribution is -0.173. The van der Waals surface area contributed by atoms with E-state index in [9.17, 15) is 23.6 Å². The molecule has 0 radical (unpaired) electrons. The molecule has 1 aromatic carbocycles. The number of imide groups is 1. The third-order valence-corrected chi connectivity index (χ3v) is 6.18. The van der Waals surface area contributed by atoms with E-state index in [4.69, 9.17) is 23.7 Å². The molecule has 2 aliphatic rings. The Kier molecular flexibility index (Phi) is 9.81. The number of nitrogens with zero attached hydrogens (tertiary/aromatic N) is 1. The molecule has 40 heavy (non-hydrogen) atoms. The maximum Gasteiger partial charge on any atom is 0.420 e. The number of rotatable bonds is 5. The lowest BCUT2D eigenvalue weighted by Gasteiger charge is -2.32. The molecule has 1 aliphatic carbocycles. The Hall–Kier alpha value is -3.21. The van der Waals surface area contributed by atoms with Crippen LogP contribution in [-0.4, -0.2) is 71.7 Å². The lowest BCUT2D eigenvalue weighted by atomic mass is 9.91. The molecule has 0 spiro atoms. The van der Waals surface area contributed by atoms with E-state index < -0.39 is 66.1 Å². The molecule has 2 fully saturated rings. The van der Waals surface area contributed by atoms with Crippen molar-refractivity contribution in [2.45, 2.75) is 97.2 Å². The summed E-state index contributed by atoms with van der Waals surface area (Å²) in [6.07, 6.45) is -2.26. The summed E-state index contributed by atoms with van der Waals surface area (Å²) >= 11 is 0. The van der Waals surface area contributed by atoms with Gasteiger partial charge in [0, 0.05) is 5.92 Å². The normalized spacial score (nSPS) is 24.1. The number of ether oxygens (including phenoxy) is 5. The summed E-state index contributed by atoms with van der Waals surface area (Å²) in [5.41, 5.74) is -1.19. The first-order chi connectivity index (χ1) is 18.5. The Morgan fingerprint density at radius 3 is 2.00 bits per heavy atom. The monoisotopic (exact) mass is 565 g/mol. The summed E-state index contributed by atoms with van der Waals surface area (Å²) in [4.78, 5) is 53.0. The van der Waals surface area contributed by atoms with E-state index in [0.29, 0.717) is 11.3 Å². The van der Waals surface area contributed by atoms with Gasteiger partial charge in [-0.2, -0.15) is 4.90 Å². The maximum atomic E-state index is 13.5. The van der Waals surface area contributed by atoms with Gasteiger partial charge in [-0.15, -0.1) is 0 Å². The number of benzene rings is 1. The fourth-order valence-electron chi connectivity index (χ4n) is 4.18. The second kappa shape index (κ2) is 12.5. The third kappa shape index (κ3) is 9.18. The van der Waals surface area contributed by atoms with Crippen molar-refractivity contribution in [1.82, 2.24) is 4.90 Å². The molecule has 1 saturated heterocycles. The molecule has 3 rings (SSSR count). The topological polar surface area (TPSA) is 118 Å². The van der Waals surface area contributed by atoms with Gasteiger partial charge >= 0.3 is 24.1 Å². The molecule has 222 valence electrons. The zero-order valence-corrected chi connectivity index (χ0v) is 24.2. The van der Waals surface area contributed by atoms with Crippen LogP contribution in [0.15, 0.2) is 24.3 Å². The first-order valence-corrected chi connectivity index (χ1v) is 13.5. The predicted octanol–water partition coefficient (Wildman–Crippen LogP) is 4.81. The number of carbonyl (C=O) groups is 4. The van der Waals surface area contributed by atoms with Crippen LogP contribution in [-0.2, 0) is 39.7 Å². The average Bonchev–Trinajstić information content (AvgIpc) is 3.65. The van der Waals surface area contributed by atoms with Crippen molar-refractivity contribution in [3.05, 3.63) is 35.6 Å². The molecule has 1 saturated carbocycles. The van der Waals surface area contributed by atoms with Gasteiger partial charge in [-0.05, 0) is 85.4 Å². The molecule has 0 aromatic heterocycles. The Bertz CT molecular complexity index is 1040. The van der Waals surface area contributed by atoms with Gasteiger partial charge < -0.3 is 23.7 Å². The summed E-state index contributed by atoms with van der Waals surface area (Å²) in [5.74, 6) is -2.41. The van der Waals surface area contributed by atoms with Crippen LogP contribution in [0.3, 0.4) is 0 Å². The zero-order chi connectivity index (χ0) is 29.8. The van der Waals surface area contributed by atoms with Crippen LogP contribution in [0, 0.1) is 17.7 Å². The smallest absolute Gasteiger partial charge is 0.420 e. The highest BCUT2D eigenvalue weighted by atomic mass is 19.1. The molecule has 1 heterocycles. The van der Waals surface area contributed by atoms with Gasteiger partial charge in [0.1, 0.15) is 29.2 Å². The Labute approximate surface area is 234 Å². The van der Waals surface area contributed by atoms with Crippen molar-refractivity contribution in [2.24, 2.45) is 11.8 Å². The molecular weight excluding hydrogens is 525 g/mol. The van der Waals surface area contributed by atoms with Crippen molar-refractivity contribution in [3.8, 4) is 0 Å². The summed E-state index contributed by atoms with van der Waals surface area (Å²) in [6.45, 7) is 10.9. The lowest BCUT2D eigenvalue weighted by Crippen LogP contribution is -2.54. The largest absolute Gasteiger partial charge is 0.458 e. The summed E-state index contributed by atoms with van der Waals surface area (Å²) in [7, 11) is 0. The predicted molar refractivity (Wildman–Crippen MR) is 141 cm³/mol. The second-order valence-electron chi connectivity index (χ2n) is 12.3. The SMILES string of the molecule is CC1OC(=O)C(N(C(=O)OC(C)(C)C)C(=O)OC(C)(C)C)COCC(Cc2ccc(F)cc2)C1OC(=O)C1CC1. The zero-order valence-electron chi connectivity index (χ0n) is 24.2. The fourth-order valence-corrected chi connectivity index (χ4v) is 4.18. The van der Waals surface area contributed by atoms with Crippen molar-refractivity contribution in [3.63, 3.8) is 0 Å². The van der Waals surface area contributed by atoms with Crippen LogP contribution >= 0.6 is 0 Å². The van der Waals surface area contributed by atoms with E-state index in [1.54, 1.807) is 60.6 Å². The minimum absolute atomic E-state index is 0.00601. The number of carbonyl (C=O) groups excluding carboxylic acids is 4. The van der Waals surface area contributed by atoms with Gasteiger partial charge in [0.15, 0.2) is 6.04 Å². The highest BCUT2D eigenvalue weighted by Crippen LogP contribution is 2.33. The number of hydrogen-bond donors (Lipinski definition) is 0.